The summed E-state index contributed by atoms with van der Waals surface area (Å²) < 4.78 is 21.0. The first kappa shape index (κ1) is 71.9. The summed E-state index contributed by atoms with van der Waals surface area (Å²) in [6.45, 7) is 10.8. The molecule has 0 aromatic rings. The molecule has 24 heteroatoms. The van der Waals surface area contributed by atoms with Crippen LogP contribution in [-0.2, 0) is 52.5 Å². The van der Waals surface area contributed by atoms with Gasteiger partial charge in [0.25, 0.3) is 0 Å². The Morgan fingerprint density at radius 3 is 1.12 bits per heavy atom. The van der Waals surface area contributed by atoms with E-state index in [-0.39, 0.29) is 118 Å². The minimum Gasteiger partial charge on any atom is -0.442 e. The zero-order valence-corrected chi connectivity index (χ0v) is 46.2. The van der Waals surface area contributed by atoms with Gasteiger partial charge >= 0.3 is 12.2 Å². The zero-order chi connectivity index (χ0) is 56.7. The minimum absolute atomic E-state index is 0.0178. The van der Waals surface area contributed by atoms with E-state index >= 15 is 0 Å². The first-order chi connectivity index (χ1) is 36.0. The van der Waals surface area contributed by atoms with Gasteiger partial charge in [-0.05, 0) is 71.3 Å². The smallest absolute Gasteiger partial charge is 0.408 e. The van der Waals surface area contributed by atoms with Crippen molar-refractivity contribution >= 4 is 53.4 Å². The predicted molar refractivity (Wildman–Crippen MR) is 283 cm³/mol. The van der Waals surface area contributed by atoms with Gasteiger partial charge in [0.1, 0.15) is 30.1 Å². The highest BCUT2D eigenvalue weighted by atomic mass is 16.6. The largest absolute Gasteiger partial charge is 0.442 e. The number of hydrogen-bond acceptors (Lipinski definition) is 16. The second kappa shape index (κ2) is 48.5. The molecule has 75 heavy (non-hydrogen) atoms. The van der Waals surface area contributed by atoms with Crippen molar-refractivity contribution in [2.45, 2.75) is 174 Å². The Morgan fingerprint density at radius 1 is 0.467 bits per heavy atom. The van der Waals surface area contributed by atoms with Gasteiger partial charge in [-0.25, -0.2) is 9.59 Å². The summed E-state index contributed by atoms with van der Waals surface area (Å²) in [5, 5.41) is 40.2. The van der Waals surface area contributed by atoms with Crippen LogP contribution in [0.5, 0.6) is 0 Å². The molecule has 0 aliphatic carbocycles. The van der Waals surface area contributed by atoms with E-state index in [1.54, 1.807) is 41.9 Å². The number of amides is 8. The third kappa shape index (κ3) is 41.7. The first-order valence-corrected chi connectivity index (χ1v) is 26.9. The number of alkyl carbamates (subject to hydrolysis) is 2. The van der Waals surface area contributed by atoms with Gasteiger partial charge in [0, 0.05) is 84.5 Å². The number of aliphatic hydroxyl groups excluding tert-OH is 2. The van der Waals surface area contributed by atoms with Gasteiger partial charge in [-0.2, -0.15) is 0 Å². The van der Waals surface area contributed by atoms with E-state index in [1.807, 2.05) is 0 Å². The highest BCUT2D eigenvalue weighted by molar-refractivity contribution is 5.86. The molecule has 0 spiro atoms. The maximum atomic E-state index is 12.9. The molecule has 0 saturated heterocycles. The number of carbonyl (C=O) groups is 9. The van der Waals surface area contributed by atoms with Gasteiger partial charge in [-0.1, -0.05) is 53.4 Å². The van der Waals surface area contributed by atoms with Crippen molar-refractivity contribution in [3.05, 3.63) is 0 Å². The summed E-state index contributed by atoms with van der Waals surface area (Å²) in [5.41, 5.74) is 5.56. The molecule has 12 N–H and O–H groups in total. The second-order valence-electron chi connectivity index (χ2n) is 18.2. The van der Waals surface area contributed by atoms with E-state index in [9.17, 15) is 53.4 Å². The summed E-state index contributed by atoms with van der Waals surface area (Å²) in [4.78, 5) is 109. The Kier molecular flexibility index (Phi) is 46.5. The number of nitrogens with two attached hydrogens (primary N) is 1. The third-order valence-corrected chi connectivity index (χ3v) is 11.6. The molecule has 0 aromatic carbocycles. The van der Waals surface area contributed by atoms with Gasteiger partial charge in [-0.3, -0.25) is 28.8 Å². The maximum absolute atomic E-state index is 12.9. The van der Waals surface area contributed by atoms with Crippen molar-refractivity contribution in [2.24, 2.45) is 17.6 Å². The lowest BCUT2D eigenvalue weighted by atomic mass is 10.0. The van der Waals surface area contributed by atoms with Crippen molar-refractivity contribution in [1.82, 2.24) is 42.5 Å². The van der Waals surface area contributed by atoms with Crippen LogP contribution in [0.3, 0.4) is 0 Å². The average Bonchev–Trinajstić information content (AvgIpc) is 3.40. The van der Waals surface area contributed by atoms with Crippen LogP contribution in [-0.4, -0.2) is 174 Å². The average molecular weight is 1080 g/mol. The summed E-state index contributed by atoms with van der Waals surface area (Å²) in [7, 11) is 3.18. The molecule has 0 aliphatic rings. The summed E-state index contributed by atoms with van der Waals surface area (Å²) >= 11 is 0. The van der Waals surface area contributed by atoms with Crippen LogP contribution in [0.15, 0.2) is 0 Å². The summed E-state index contributed by atoms with van der Waals surface area (Å²) in [6, 6.07) is -1.65. The van der Waals surface area contributed by atoms with Gasteiger partial charge < -0.3 is 82.2 Å². The number of Topliss-reactive ketones (excluding diaryl/α,β-unsaturated/α-hetero) is 1. The Labute approximate surface area is 445 Å². The lowest BCUT2D eigenvalue weighted by molar-refractivity contribution is -0.124. The normalized spacial score (nSPS) is 12.4. The van der Waals surface area contributed by atoms with Crippen LogP contribution in [0.25, 0.3) is 0 Å². The highest BCUT2D eigenvalue weighted by Crippen LogP contribution is 2.11. The SMILES string of the molecule is CCC(=O)NCC(CNC(=O)CC)OC(=O)N[C@@H](CCCCCC(C)=O)C(=O)NCCCCC(CO)COC.CCC(=O)NCC(CNC(=O)CC)OC(=O)N[C@@H](CCCCN)C(=O)NCCCCC(CO)COC. The molecule has 436 valence electrons. The molecule has 24 nitrogen and oxygen atoms in total. The molecular formula is C51H97N9O15. The molecule has 0 saturated carbocycles. The Morgan fingerprint density at radius 2 is 0.813 bits per heavy atom. The van der Waals surface area contributed by atoms with Crippen LogP contribution < -0.4 is 48.3 Å². The van der Waals surface area contributed by atoms with Crippen LogP contribution in [0.1, 0.15) is 150 Å². The standard InChI is InChI=1S/C27H50N4O8.C24H47N5O7/c1-5-24(34)29-16-22(17-30-25(35)6-2)39-27(37)31-23(14-9-7-8-12-20(3)33)26(36)28-15-11-10-13-21(18-32)19-38-4;1-4-21(31)27-14-19(15-28-22(32)5-2)36-24(34)29-20(11-6-8-12-25)23(33)26-13-9-7-10-18(16-30)17-35-3/h21-23,32H,5-19H2,1-4H3,(H,28,36)(H,29,34)(H,30,35)(H,31,37);18-20,30H,4-17,25H2,1-3H3,(H,26,33)(H,27,31)(H,28,32)(H,29,34)/t21?,23-;18?,20-/m00/s1. The number of unbranched alkanes of at least 4 members (excludes halogenated alkanes) is 5. The van der Waals surface area contributed by atoms with Crippen LogP contribution in [0.4, 0.5) is 9.59 Å². The molecule has 0 aliphatic heterocycles. The van der Waals surface area contributed by atoms with Gasteiger partial charge in [0.05, 0.1) is 39.4 Å². The number of carbonyl (C=O) groups excluding carboxylic acids is 9. The van der Waals surface area contributed by atoms with Crippen LogP contribution in [0, 0.1) is 11.8 Å². The van der Waals surface area contributed by atoms with E-state index in [0.29, 0.717) is 84.2 Å². The van der Waals surface area contributed by atoms with Crippen molar-refractivity contribution < 1.29 is 72.3 Å². The number of aliphatic hydroxyl groups is 2. The number of ketones is 1. The fraction of sp³-hybridized carbons (Fsp3) is 0.824. The van der Waals surface area contributed by atoms with Crippen molar-refractivity contribution in [3.8, 4) is 0 Å². The Bertz CT molecular complexity index is 1560. The molecule has 0 fully saturated rings. The molecule has 0 bridgehead atoms. The van der Waals surface area contributed by atoms with E-state index in [4.69, 9.17) is 24.7 Å². The molecular weight excluding hydrogens is 979 g/mol. The third-order valence-electron chi connectivity index (χ3n) is 11.6. The molecule has 0 heterocycles. The number of nitrogens with one attached hydrogen (secondary N) is 8. The summed E-state index contributed by atoms with van der Waals surface area (Å²) in [5.74, 6) is -1.29. The van der Waals surface area contributed by atoms with Gasteiger partial charge in [0.15, 0.2) is 0 Å². The van der Waals surface area contributed by atoms with Crippen LogP contribution >= 0.6 is 0 Å². The zero-order valence-electron chi connectivity index (χ0n) is 46.2. The van der Waals surface area contributed by atoms with Gasteiger partial charge in [0.2, 0.25) is 35.4 Å². The van der Waals surface area contributed by atoms with Crippen molar-refractivity contribution in [3.63, 3.8) is 0 Å². The van der Waals surface area contributed by atoms with Crippen molar-refractivity contribution in [1.29, 1.82) is 0 Å². The maximum Gasteiger partial charge on any atom is 0.408 e. The van der Waals surface area contributed by atoms with E-state index in [2.05, 4.69) is 42.5 Å². The number of methoxy groups -OCH3 is 2. The minimum atomic E-state index is -0.843. The van der Waals surface area contributed by atoms with E-state index in [0.717, 1.165) is 38.5 Å². The van der Waals surface area contributed by atoms with Gasteiger partial charge in [-0.15, -0.1) is 0 Å². The predicted octanol–water partition coefficient (Wildman–Crippen LogP) is 1.76. The van der Waals surface area contributed by atoms with E-state index < -0.39 is 36.5 Å². The Balaban J connectivity index is 0. The quantitative estimate of drug-likeness (QED) is 0.0387. The Hall–Kier alpha value is -5.17. The topological polar surface area (TPSA) is 353 Å². The lowest BCUT2D eigenvalue weighted by Gasteiger charge is -2.22. The molecule has 0 rings (SSSR count). The molecule has 0 aromatic heterocycles. The van der Waals surface area contributed by atoms with Crippen molar-refractivity contribution in [2.75, 3.05) is 86.5 Å². The fourth-order valence-electron chi connectivity index (χ4n) is 7.02. The fourth-order valence-corrected chi connectivity index (χ4v) is 7.02. The first-order valence-electron chi connectivity index (χ1n) is 26.9. The molecule has 2 unspecified atom stereocenters. The number of rotatable bonds is 44. The molecule has 8 amide bonds. The second-order valence-corrected chi connectivity index (χ2v) is 18.2. The lowest BCUT2D eigenvalue weighted by Crippen LogP contribution is -2.49. The summed E-state index contributed by atoms with van der Waals surface area (Å²) in [6.07, 6.45) is 7.08. The monoisotopic (exact) mass is 1080 g/mol. The van der Waals surface area contributed by atoms with Crippen LogP contribution in [0.2, 0.25) is 0 Å². The molecule has 0 radical (unpaired) electrons. The van der Waals surface area contributed by atoms with E-state index in [1.165, 1.54) is 6.92 Å². The highest BCUT2D eigenvalue weighted by Gasteiger charge is 2.26. The number of ether oxygens (including phenoxy) is 4. The molecule has 4 atom stereocenters. The number of hydrogen-bond donors (Lipinski definition) is 11.